The first kappa shape index (κ1) is 12.0. The maximum absolute atomic E-state index is 13.5. The van der Waals surface area contributed by atoms with E-state index in [0.717, 1.165) is 17.5 Å². The molecule has 0 fully saturated rings. The quantitative estimate of drug-likeness (QED) is 0.838. The monoisotopic (exact) mass is 236 g/mol. The molecule has 17 heavy (non-hydrogen) atoms. The molecule has 0 spiro atoms. The highest BCUT2D eigenvalue weighted by Gasteiger charge is 2.32. The number of nitrogens with one attached hydrogen (secondary N) is 1. The molecule has 0 aromatic heterocycles. The Hall–Kier alpha value is -1.42. The van der Waals surface area contributed by atoms with Crippen molar-refractivity contribution in [2.75, 3.05) is 0 Å². The second-order valence-electron chi connectivity index (χ2n) is 5.03. The smallest absolute Gasteiger partial charge is 0.237 e. The Kier molecular flexibility index (Phi) is 2.91. The van der Waals surface area contributed by atoms with Crippen molar-refractivity contribution in [1.29, 1.82) is 0 Å². The van der Waals surface area contributed by atoms with E-state index in [-0.39, 0.29) is 11.9 Å². The third kappa shape index (κ3) is 2.17. The molecule has 0 saturated heterocycles. The van der Waals surface area contributed by atoms with E-state index in [4.69, 9.17) is 5.73 Å². The summed E-state index contributed by atoms with van der Waals surface area (Å²) in [4.78, 5) is 11.3. The van der Waals surface area contributed by atoms with Crippen molar-refractivity contribution in [2.45, 2.75) is 38.3 Å². The van der Waals surface area contributed by atoms with Crippen LogP contribution < -0.4 is 11.1 Å². The van der Waals surface area contributed by atoms with Crippen LogP contribution >= 0.6 is 0 Å². The molecule has 3 nitrogen and oxygen atoms in total. The van der Waals surface area contributed by atoms with Gasteiger partial charge in [0.1, 0.15) is 5.82 Å². The van der Waals surface area contributed by atoms with Crippen LogP contribution in [0.3, 0.4) is 0 Å². The van der Waals surface area contributed by atoms with Gasteiger partial charge in [0.25, 0.3) is 0 Å². The van der Waals surface area contributed by atoms with Crippen molar-refractivity contribution in [2.24, 2.45) is 5.73 Å². The van der Waals surface area contributed by atoms with Crippen LogP contribution in [0, 0.1) is 5.82 Å². The number of primary amides is 1. The normalized spacial score (nSPS) is 19.1. The summed E-state index contributed by atoms with van der Waals surface area (Å²) >= 11 is 0. The van der Waals surface area contributed by atoms with Crippen LogP contribution in [0.2, 0.25) is 0 Å². The minimum Gasteiger partial charge on any atom is -0.368 e. The summed E-state index contributed by atoms with van der Waals surface area (Å²) in [5.41, 5.74) is 6.24. The predicted molar refractivity (Wildman–Crippen MR) is 63.9 cm³/mol. The Morgan fingerprint density at radius 2 is 2.24 bits per heavy atom. The van der Waals surface area contributed by atoms with E-state index in [1.807, 2.05) is 6.07 Å². The van der Waals surface area contributed by atoms with E-state index in [1.165, 1.54) is 6.07 Å². The molecule has 1 atom stereocenters. The standard InChI is InChI=1S/C13H17FN2O/c1-13(2,12(15)17)16-11-7-6-8-9(11)4-3-5-10(8)14/h3-5,11,16H,6-7H2,1-2H3,(H2,15,17). The summed E-state index contributed by atoms with van der Waals surface area (Å²) < 4.78 is 13.5. The second-order valence-corrected chi connectivity index (χ2v) is 5.03. The van der Waals surface area contributed by atoms with Crippen molar-refractivity contribution in [3.05, 3.63) is 35.1 Å². The first-order valence-electron chi connectivity index (χ1n) is 5.76. The molecule has 1 unspecified atom stereocenters. The maximum Gasteiger partial charge on any atom is 0.237 e. The van der Waals surface area contributed by atoms with Gasteiger partial charge in [-0.25, -0.2) is 4.39 Å². The summed E-state index contributed by atoms with van der Waals surface area (Å²) in [6, 6.07) is 5.08. The minimum atomic E-state index is -0.779. The molecular formula is C13H17FN2O. The summed E-state index contributed by atoms with van der Waals surface area (Å²) in [7, 11) is 0. The SMILES string of the molecule is CC(C)(NC1CCc2c(F)cccc21)C(N)=O. The third-order valence-corrected chi connectivity index (χ3v) is 3.36. The second kappa shape index (κ2) is 4.11. The lowest BCUT2D eigenvalue weighted by Gasteiger charge is -2.27. The van der Waals surface area contributed by atoms with Crippen LogP contribution in [-0.4, -0.2) is 11.4 Å². The van der Waals surface area contributed by atoms with Crippen LogP contribution in [0.5, 0.6) is 0 Å². The number of benzene rings is 1. The van der Waals surface area contributed by atoms with Gasteiger partial charge in [0, 0.05) is 6.04 Å². The number of fused-ring (bicyclic) bond motifs is 1. The number of hydrogen-bond acceptors (Lipinski definition) is 2. The van der Waals surface area contributed by atoms with Crippen molar-refractivity contribution in [3.8, 4) is 0 Å². The van der Waals surface area contributed by atoms with Gasteiger partial charge in [0.15, 0.2) is 0 Å². The summed E-state index contributed by atoms with van der Waals surface area (Å²) in [5, 5.41) is 3.20. The number of hydrogen-bond donors (Lipinski definition) is 2. The highest BCUT2D eigenvalue weighted by molar-refractivity contribution is 5.83. The fraction of sp³-hybridized carbons (Fsp3) is 0.462. The van der Waals surface area contributed by atoms with Crippen molar-refractivity contribution >= 4 is 5.91 Å². The molecular weight excluding hydrogens is 219 g/mol. The van der Waals surface area contributed by atoms with E-state index in [0.29, 0.717) is 6.42 Å². The lowest BCUT2D eigenvalue weighted by molar-refractivity contribution is -0.123. The van der Waals surface area contributed by atoms with E-state index in [2.05, 4.69) is 5.32 Å². The Balaban J connectivity index is 2.24. The molecule has 1 aliphatic rings. The highest BCUT2D eigenvalue weighted by atomic mass is 19.1. The number of carbonyl (C=O) groups excluding carboxylic acids is 1. The molecule has 0 radical (unpaired) electrons. The molecule has 2 rings (SSSR count). The third-order valence-electron chi connectivity index (χ3n) is 3.36. The van der Waals surface area contributed by atoms with Gasteiger partial charge in [-0.1, -0.05) is 12.1 Å². The molecule has 1 aliphatic carbocycles. The topological polar surface area (TPSA) is 55.1 Å². The molecule has 0 heterocycles. The Bertz CT molecular complexity index is 457. The first-order valence-corrected chi connectivity index (χ1v) is 5.76. The molecule has 92 valence electrons. The van der Waals surface area contributed by atoms with E-state index < -0.39 is 11.4 Å². The molecule has 0 aliphatic heterocycles. The molecule has 4 heteroatoms. The molecule has 3 N–H and O–H groups in total. The largest absolute Gasteiger partial charge is 0.368 e. The van der Waals surface area contributed by atoms with E-state index in [9.17, 15) is 9.18 Å². The van der Waals surface area contributed by atoms with E-state index >= 15 is 0 Å². The minimum absolute atomic E-state index is 0.00296. The molecule has 0 bridgehead atoms. The van der Waals surface area contributed by atoms with Crippen molar-refractivity contribution in [3.63, 3.8) is 0 Å². The number of rotatable bonds is 3. The number of amides is 1. The fourth-order valence-electron chi connectivity index (χ4n) is 2.27. The van der Waals surface area contributed by atoms with Crippen LogP contribution in [0.4, 0.5) is 4.39 Å². The van der Waals surface area contributed by atoms with Gasteiger partial charge in [-0.05, 0) is 43.9 Å². The van der Waals surface area contributed by atoms with Gasteiger partial charge < -0.3 is 5.73 Å². The summed E-state index contributed by atoms with van der Waals surface area (Å²) in [6.45, 7) is 3.49. The maximum atomic E-state index is 13.5. The van der Waals surface area contributed by atoms with Gasteiger partial charge in [0.2, 0.25) is 5.91 Å². The Labute approximate surface area is 100 Å². The zero-order valence-electron chi connectivity index (χ0n) is 10.1. The zero-order chi connectivity index (χ0) is 12.6. The van der Waals surface area contributed by atoms with Gasteiger partial charge in [-0.15, -0.1) is 0 Å². The molecule has 1 aromatic carbocycles. The first-order chi connectivity index (χ1) is 7.92. The number of halogens is 1. The molecule has 1 amide bonds. The highest BCUT2D eigenvalue weighted by Crippen LogP contribution is 2.33. The van der Waals surface area contributed by atoms with Crippen molar-refractivity contribution in [1.82, 2.24) is 5.32 Å². The van der Waals surface area contributed by atoms with Gasteiger partial charge in [0.05, 0.1) is 5.54 Å². The van der Waals surface area contributed by atoms with Gasteiger partial charge >= 0.3 is 0 Å². The lowest BCUT2D eigenvalue weighted by atomic mass is 10.0. The van der Waals surface area contributed by atoms with Crippen LogP contribution in [0.25, 0.3) is 0 Å². The van der Waals surface area contributed by atoms with E-state index in [1.54, 1.807) is 19.9 Å². The van der Waals surface area contributed by atoms with Gasteiger partial charge in [-0.3, -0.25) is 10.1 Å². The predicted octanol–water partition coefficient (Wildman–Crippen LogP) is 1.67. The summed E-state index contributed by atoms with van der Waals surface area (Å²) in [5.74, 6) is -0.564. The van der Waals surface area contributed by atoms with Crippen LogP contribution in [-0.2, 0) is 11.2 Å². The van der Waals surface area contributed by atoms with Crippen molar-refractivity contribution < 1.29 is 9.18 Å². The van der Waals surface area contributed by atoms with Crippen LogP contribution in [0.15, 0.2) is 18.2 Å². The molecule has 1 aromatic rings. The van der Waals surface area contributed by atoms with Gasteiger partial charge in [-0.2, -0.15) is 0 Å². The summed E-state index contributed by atoms with van der Waals surface area (Å²) in [6.07, 6.45) is 1.50. The Morgan fingerprint density at radius 1 is 1.53 bits per heavy atom. The Morgan fingerprint density at radius 3 is 2.88 bits per heavy atom. The fourth-order valence-corrected chi connectivity index (χ4v) is 2.27. The zero-order valence-corrected chi connectivity index (χ0v) is 10.1. The lowest BCUT2D eigenvalue weighted by Crippen LogP contribution is -2.51. The number of nitrogens with two attached hydrogens (primary N) is 1. The molecule has 0 saturated carbocycles. The average molecular weight is 236 g/mol. The van der Waals surface area contributed by atoms with Crippen LogP contribution in [0.1, 0.15) is 37.4 Å². The number of carbonyl (C=O) groups is 1. The average Bonchev–Trinajstić information content (AvgIpc) is 2.62.